The Hall–Kier alpha value is -2.31. The number of hydrogen-bond acceptors (Lipinski definition) is 5. The topological polar surface area (TPSA) is 83.8 Å². The number of hydrogen-bond donors (Lipinski definition) is 2. The van der Waals surface area contributed by atoms with Gasteiger partial charge in [-0.15, -0.1) is 0 Å². The maximum absolute atomic E-state index is 11.8. The van der Waals surface area contributed by atoms with Crippen LogP contribution in [0.3, 0.4) is 0 Å². The molecule has 0 radical (unpaired) electrons. The molecule has 0 saturated heterocycles. The van der Waals surface area contributed by atoms with Crippen LogP contribution >= 0.6 is 23.2 Å². The smallest absolute Gasteiger partial charge is 0.271 e. The van der Waals surface area contributed by atoms with E-state index in [-0.39, 0.29) is 27.1 Å². The lowest BCUT2D eigenvalue weighted by atomic mass is 10.2. The molecule has 2 rings (SSSR count). The third kappa shape index (κ3) is 3.47. The van der Waals surface area contributed by atoms with Crippen molar-refractivity contribution in [1.82, 2.24) is 10.4 Å². The number of phenols is 1. The molecule has 1 aromatic carbocycles. The highest BCUT2D eigenvalue weighted by Crippen LogP contribution is 2.38. The number of pyridine rings is 1. The molecule has 0 aliphatic heterocycles. The first-order valence-corrected chi connectivity index (χ1v) is 6.78. The minimum Gasteiger partial charge on any atom is -0.504 e. The molecule has 0 aliphatic carbocycles. The van der Waals surface area contributed by atoms with Crippen LogP contribution in [0.2, 0.25) is 10.0 Å². The maximum Gasteiger partial charge on any atom is 0.271 e. The molecule has 114 valence electrons. The summed E-state index contributed by atoms with van der Waals surface area (Å²) in [6.45, 7) is 0. The van der Waals surface area contributed by atoms with Crippen molar-refractivity contribution in [1.29, 1.82) is 0 Å². The predicted octanol–water partition coefficient (Wildman–Crippen LogP) is 2.87. The first-order valence-electron chi connectivity index (χ1n) is 6.03. The average Bonchev–Trinajstić information content (AvgIpc) is 2.54. The Morgan fingerprint density at radius 3 is 2.73 bits per heavy atom. The molecule has 0 fully saturated rings. The Morgan fingerprint density at radius 1 is 1.41 bits per heavy atom. The summed E-state index contributed by atoms with van der Waals surface area (Å²) in [5.74, 6) is -0.502. The fourth-order valence-corrected chi connectivity index (χ4v) is 2.00. The van der Waals surface area contributed by atoms with Gasteiger partial charge in [-0.2, -0.15) is 5.10 Å². The SMILES string of the molecule is COc1cc(Cl)c(Cl)c(/C=N\NC(=O)c2ccncc2)c1O. The number of carbonyl (C=O) groups excluding carboxylic acids is 1. The second-order valence-electron chi connectivity index (χ2n) is 4.07. The van der Waals surface area contributed by atoms with E-state index in [4.69, 9.17) is 27.9 Å². The van der Waals surface area contributed by atoms with Crippen LogP contribution in [0.15, 0.2) is 35.7 Å². The van der Waals surface area contributed by atoms with Crippen LogP contribution in [0.4, 0.5) is 0 Å². The van der Waals surface area contributed by atoms with E-state index in [9.17, 15) is 9.90 Å². The number of halogens is 2. The summed E-state index contributed by atoms with van der Waals surface area (Å²) in [6, 6.07) is 4.46. The number of methoxy groups -OCH3 is 1. The predicted molar refractivity (Wildman–Crippen MR) is 84.0 cm³/mol. The normalized spacial score (nSPS) is 10.7. The number of rotatable bonds is 4. The minimum atomic E-state index is -0.428. The second-order valence-corrected chi connectivity index (χ2v) is 4.86. The summed E-state index contributed by atoms with van der Waals surface area (Å²) >= 11 is 11.9. The van der Waals surface area contributed by atoms with Crippen LogP contribution < -0.4 is 10.2 Å². The van der Waals surface area contributed by atoms with Gasteiger partial charge in [0.05, 0.1) is 28.9 Å². The van der Waals surface area contributed by atoms with Gasteiger partial charge in [-0.1, -0.05) is 23.2 Å². The zero-order valence-electron chi connectivity index (χ0n) is 11.4. The van der Waals surface area contributed by atoms with Crippen LogP contribution in [0.5, 0.6) is 11.5 Å². The quantitative estimate of drug-likeness (QED) is 0.662. The van der Waals surface area contributed by atoms with Gasteiger partial charge >= 0.3 is 0 Å². The molecule has 22 heavy (non-hydrogen) atoms. The molecule has 1 aromatic heterocycles. The van der Waals surface area contributed by atoms with Gasteiger partial charge in [0.2, 0.25) is 0 Å². The van der Waals surface area contributed by atoms with Crippen LogP contribution in [0.25, 0.3) is 0 Å². The van der Waals surface area contributed by atoms with Crippen molar-refractivity contribution in [3.63, 3.8) is 0 Å². The van der Waals surface area contributed by atoms with E-state index in [0.29, 0.717) is 5.56 Å². The van der Waals surface area contributed by atoms with Crippen LogP contribution in [0.1, 0.15) is 15.9 Å². The van der Waals surface area contributed by atoms with Gasteiger partial charge < -0.3 is 9.84 Å². The molecule has 2 N–H and O–H groups in total. The molecule has 2 aromatic rings. The Labute approximate surface area is 136 Å². The molecule has 1 amide bonds. The van der Waals surface area contributed by atoms with Crippen molar-refractivity contribution in [3.8, 4) is 11.5 Å². The molecule has 0 aliphatic rings. The Morgan fingerprint density at radius 2 is 2.09 bits per heavy atom. The van der Waals surface area contributed by atoms with E-state index in [1.54, 1.807) is 0 Å². The highest BCUT2D eigenvalue weighted by atomic mass is 35.5. The highest BCUT2D eigenvalue weighted by Gasteiger charge is 2.15. The van der Waals surface area contributed by atoms with E-state index in [2.05, 4.69) is 15.5 Å². The molecule has 0 spiro atoms. The molecule has 8 heteroatoms. The Kier molecular flexibility index (Phi) is 5.19. The average molecular weight is 340 g/mol. The summed E-state index contributed by atoms with van der Waals surface area (Å²) in [6.07, 6.45) is 4.16. The van der Waals surface area contributed by atoms with E-state index < -0.39 is 5.91 Å². The monoisotopic (exact) mass is 339 g/mol. The standard InChI is InChI=1S/C14H11Cl2N3O3/c1-22-11-6-10(15)12(16)9(13(11)20)7-18-19-14(21)8-2-4-17-5-3-8/h2-7,20H,1H3,(H,19,21)/b18-7-. The number of amides is 1. The van der Waals surface area contributed by atoms with Crippen LogP contribution in [-0.2, 0) is 0 Å². The van der Waals surface area contributed by atoms with Gasteiger partial charge in [-0.05, 0) is 12.1 Å². The Balaban J connectivity index is 2.20. The number of nitrogens with zero attached hydrogens (tertiary/aromatic N) is 2. The van der Waals surface area contributed by atoms with Gasteiger partial charge in [0.1, 0.15) is 0 Å². The molecule has 6 nitrogen and oxygen atoms in total. The number of aromatic hydroxyl groups is 1. The molecular weight excluding hydrogens is 329 g/mol. The minimum absolute atomic E-state index is 0.0990. The lowest BCUT2D eigenvalue weighted by molar-refractivity contribution is 0.0955. The third-order valence-electron chi connectivity index (χ3n) is 2.71. The summed E-state index contributed by atoms with van der Waals surface area (Å²) in [5.41, 5.74) is 2.84. The highest BCUT2D eigenvalue weighted by molar-refractivity contribution is 6.43. The van der Waals surface area contributed by atoms with Crippen LogP contribution in [-0.4, -0.2) is 29.3 Å². The number of phenolic OH excluding ortho intramolecular Hbond substituents is 1. The lowest BCUT2D eigenvalue weighted by Gasteiger charge is -2.09. The first kappa shape index (κ1) is 16.1. The van der Waals surface area contributed by atoms with Crippen molar-refractivity contribution in [2.24, 2.45) is 5.10 Å². The Bertz CT molecular complexity index is 721. The number of carbonyl (C=O) groups is 1. The van der Waals surface area contributed by atoms with Crippen molar-refractivity contribution < 1.29 is 14.6 Å². The lowest BCUT2D eigenvalue weighted by Crippen LogP contribution is -2.17. The van der Waals surface area contributed by atoms with Gasteiger partial charge in [0.15, 0.2) is 11.5 Å². The number of ether oxygens (including phenoxy) is 1. The number of hydrazone groups is 1. The summed E-state index contributed by atoms with van der Waals surface area (Å²) < 4.78 is 4.97. The zero-order valence-corrected chi connectivity index (χ0v) is 12.9. The fraction of sp³-hybridized carbons (Fsp3) is 0.0714. The van der Waals surface area contributed by atoms with E-state index >= 15 is 0 Å². The molecule has 0 atom stereocenters. The van der Waals surface area contributed by atoms with E-state index in [1.165, 1.54) is 43.9 Å². The summed E-state index contributed by atoms with van der Waals surface area (Å²) in [5, 5.41) is 14.0. The van der Waals surface area contributed by atoms with Gasteiger partial charge in [0.25, 0.3) is 5.91 Å². The maximum atomic E-state index is 11.8. The summed E-state index contributed by atoms with van der Waals surface area (Å²) in [4.78, 5) is 15.6. The molecule has 0 bridgehead atoms. The van der Waals surface area contributed by atoms with Gasteiger partial charge in [0, 0.05) is 24.0 Å². The first-order chi connectivity index (χ1) is 10.5. The molecule has 0 unspecified atom stereocenters. The van der Waals surface area contributed by atoms with Crippen molar-refractivity contribution in [3.05, 3.63) is 51.8 Å². The fourth-order valence-electron chi connectivity index (χ4n) is 1.61. The van der Waals surface area contributed by atoms with Crippen molar-refractivity contribution in [2.45, 2.75) is 0 Å². The number of nitrogens with one attached hydrogen (secondary N) is 1. The largest absolute Gasteiger partial charge is 0.504 e. The third-order valence-corrected chi connectivity index (χ3v) is 3.52. The molecular formula is C14H11Cl2N3O3. The number of aromatic nitrogens is 1. The van der Waals surface area contributed by atoms with Crippen LogP contribution in [0, 0.1) is 0 Å². The molecule has 1 heterocycles. The van der Waals surface area contributed by atoms with Crippen molar-refractivity contribution in [2.75, 3.05) is 7.11 Å². The molecule has 0 saturated carbocycles. The van der Waals surface area contributed by atoms with Gasteiger partial charge in [-0.25, -0.2) is 5.43 Å². The van der Waals surface area contributed by atoms with Crippen molar-refractivity contribution >= 4 is 35.3 Å². The zero-order chi connectivity index (χ0) is 16.1. The number of benzene rings is 1. The van der Waals surface area contributed by atoms with E-state index in [1.807, 2.05) is 0 Å². The van der Waals surface area contributed by atoms with E-state index in [0.717, 1.165) is 0 Å². The second kappa shape index (κ2) is 7.11. The summed E-state index contributed by atoms with van der Waals surface area (Å²) in [7, 11) is 1.38. The van der Waals surface area contributed by atoms with Gasteiger partial charge in [-0.3, -0.25) is 9.78 Å².